The summed E-state index contributed by atoms with van der Waals surface area (Å²) in [6, 6.07) is 9.12. The topological polar surface area (TPSA) is 43.7 Å². The Morgan fingerprint density at radius 1 is 1.21 bits per heavy atom. The van der Waals surface area contributed by atoms with Gasteiger partial charge in [-0.15, -0.1) is 0 Å². The fraction of sp³-hybridized carbons (Fsp3) is 0.455. The van der Waals surface area contributed by atoms with Crippen LogP contribution in [0.25, 0.3) is 0 Å². The Labute approximate surface area is 84.6 Å². The number of nitrogens with zero attached hydrogens (tertiary/aromatic N) is 1. The van der Waals surface area contributed by atoms with Crippen molar-refractivity contribution < 1.29 is 10.2 Å². The van der Waals surface area contributed by atoms with Gasteiger partial charge >= 0.3 is 0 Å². The molecule has 3 heteroatoms. The van der Waals surface area contributed by atoms with Crippen molar-refractivity contribution in [2.45, 2.75) is 12.1 Å². The lowest BCUT2D eigenvalue weighted by Crippen LogP contribution is -2.37. The van der Waals surface area contributed by atoms with Gasteiger partial charge in [0.2, 0.25) is 0 Å². The maximum absolute atomic E-state index is 9.95. The van der Waals surface area contributed by atoms with Gasteiger partial charge in [-0.3, -0.25) is 0 Å². The molecule has 0 saturated heterocycles. The molecule has 0 radical (unpaired) electrons. The van der Waals surface area contributed by atoms with Gasteiger partial charge in [-0.05, 0) is 19.7 Å². The van der Waals surface area contributed by atoms with Crippen LogP contribution in [-0.2, 0) is 0 Å². The molecule has 0 aromatic heterocycles. The van der Waals surface area contributed by atoms with E-state index in [1.165, 1.54) is 0 Å². The summed E-state index contributed by atoms with van der Waals surface area (Å²) in [5, 5.41) is 19.1. The molecular weight excluding hydrogens is 178 g/mol. The second-order valence-corrected chi connectivity index (χ2v) is 3.57. The monoisotopic (exact) mass is 195 g/mol. The fourth-order valence-electron chi connectivity index (χ4n) is 1.42. The summed E-state index contributed by atoms with van der Waals surface area (Å²) >= 11 is 0. The largest absolute Gasteiger partial charge is 0.395 e. The van der Waals surface area contributed by atoms with Crippen LogP contribution < -0.4 is 0 Å². The molecule has 3 nitrogen and oxygen atoms in total. The number of rotatable bonds is 4. The van der Waals surface area contributed by atoms with E-state index >= 15 is 0 Å². The lowest BCUT2D eigenvalue weighted by molar-refractivity contribution is 0.0390. The summed E-state index contributed by atoms with van der Waals surface area (Å²) in [5.41, 5.74) is 0.834. The molecule has 2 N–H and O–H groups in total. The Balaban J connectivity index is 2.78. The third kappa shape index (κ3) is 2.54. The molecule has 0 saturated carbocycles. The smallest absolute Gasteiger partial charge is 0.0967 e. The average Bonchev–Trinajstić information content (AvgIpc) is 2.19. The zero-order valence-electron chi connectivity index (χ0n) is 8.59. The highest BCUT2D eigenvalue weighted by molar-refractivity contribution is 5.18. The van der Waals surface area contributed by atoms with Gasteiger partial charge in [0.25, 0.3) is 0 Å². The van der Waals surface area contributed by atoms with Crippen LogP contribution in [0.3, 0.4) is 0 Å². The van der Waals surface area contributed by atoms with Crippen molar-refractivity contribution in [2.75, 3.05) is 20.7 Å². The molecule has 0 spiro atoms. The Kier molecular flexibility index (Phi) is 4.07. The lowest BCUT2D eigenvalue weighted by Gasteiger charge is -2.27. The number of hydrogen-bond donors (Lipinski definition) is 2. The number of aliphatic hydroxyl groups is 2. The SMILES string of the molecule is CN(C)[C@H](CO)[C@H](O)c1ccccc1. The van der Waals surface area contributed by atoms with Crippen LogP contribution in [0.15, 0.2) is 30.3 Å². The van der Waals surface area contributed by atoms with Crippen molar-refractivity contribution in [2.24, 2.45) is 0 Å². The van der Waals surface area contributed by atoms with Gasteiger partial charge in [0.15, 0.2) is 0 Å². The standard InChI is InChI=1S/C11H17NO2/c1-12(2)10(8-13)11(14)9-6-4-3-5-7-9/h3-7,10-11,13-14H,8H2,1-2H3/t10-,11-/m1/s1. The Morgan fingerprint density at radius 2 is 1.79 bits per heavy atom. The quantitative estimate of drug-likeness (QED) is 0.741. The lowest BCUT2D eigenvalue weighted by atomic mass is 10.0. The normalized spacial score (nSPS) is 15.5. The second kappa shape index (κ2) is 5.10. The van der Waals surface area contributed by atoms with Crippen LogP contribution in [0.1, 0.15) is 11.7 Å². The molecule has 1 aromatic carbocycles. The summed E-state index contributed by atoms with van der Waals surface area (Å²) in [6.07, 6.45) is -0.642. The fourth-order valence-corrected chi connectivity index (χ4v) is 1.42. The van der Waals surface area contributed by atoms with Crippen LogP contribution in [-0.4, -0.2) is 41.9 Å². The maximum atomic E-state index is 9.95. The third-order valence-electron chi connectivity index (χ3n) is 2.36. The van der Waals surface area contributed by atoms with Crippen molar-refractivity contribution in [3.05, 3.63) is 35.9 Å². The van der Waals surface area contributed by atoms with Gasteiger partial charge < -0.3 is 15.1 Å². The van der Waals surface area contributed by atoms with Crippen LogP contribution in [0.4, 0.5) is 0 Å². The molecule has 0 aliphatic rings. The number of likely N-dealkylation sites (N-methyl/N-ethyl adjacent to an activating group) is 1. The molecule has 0 bridgehead atoms. The molecule has 0 fully saturated rings. The number of hydrogen-bond acceptors (Lipinski definition) is 3. The Hall–Kier alpha value is -0.900. The van der Waals surface area contributed by atoms with Gasteiger partial charge in [0.05, 0.1) is 18.8 Å². The minimum Gasteiger partial charge on any atom is -0.395 e. The summed E-state index contributed by atoms with van der Waals surface area (Å²) in [4.78, 5) is 1.82. The zero-order valence-corrected chi connectivity index (χ0v) is 8.59. The van der Waals surface area contributed by atoms with Crippen LogP contribution in [0.2, 0.25) is 0 Å². The molecule has 1 aromatic rings. The van der Waals surface area contributed by atoms with Crippen molar-refractivity contribution in [3.63, 3.8) is 0 Å². The van der Waals surface area contributed by atoms with Gasteiger partial charge in [-0.1, -0.05) is 30.3 Å². The molecule has 0 unspecified atom stereocenters. The third-order valence-corrected chi connectivity index (χ3v) is 2.36. The van der Waals surface area contributed by atoms with E-state index in [4.69, 9.17) is 5.11 Å². The van der Waals surface area contributed by atoms with Crippen molar-refractivity contribution in [3.8, 4) is 0 Å². The van der Waals surface area contributed by atoms with E-state index in [2.05, 4.69) is 0 Å². The minimum atomic E-state index is -0.642. The average molecular weight is 195 g/mol. The van der Waals surface area contributed by atoms with Crippen LogP contribution in [0.5, 0.6) is 0 Å². The maximum Gasteiger partial charge on any atom is 0.0967 e. The highest BCUT2D eigenvalue weighted by Gasteiger charge is 2.21. The first kappa shape index (κ1) is 11.2. The van der Waals surface area contributed by atoms with Gasteiger partial charge in [0, 0.05) is 0 Å². The number of aliphatic hydroxyl groups excluding tert-OH is 2. The minimum absolute atomic E-state index is 0.0525. The molecule has 0 amide bonds. The van der Waals surface area contributed by atoms with E-state index in [1.54, 1.807) is 0 Å². The van der Waals surface area contributed by atoms with Gasteiger partial charge in [-0.2, -0.15) is 0 Å². The first-order valence-corrected chi connectivity index (χ1v) is 4.67. The van der Waals surface area contributed by atoms with E-state index in [0.29, 0.717) is 0 Å². The summed E-state index contributed by atoms with van der Waals surface area (Å²) < 4.78 is 0. The predicted octanol–water partition coefficient (Wildman–Crippen LogP) is 0.643. The Bertz CT molecular complexity index is 261. The molecule has 1 rings (SSSR count). The first-order valence-electron chi connectivity index (χ1n) is 4.67. The van der Waals surface area contributed by atoms with E-state index in [1.807, 2.05) is 49.3 Å². The van der Waals surface area contributed by atoms with Crippen LogP contribution in [0, 0.1) is 0 Å². The zero-order chi connectivity index (χ0) is 10.6. The van der Waals surface area contributed by atoms with E-state index in [9.17, 15) is 5.11 Å². The molecule has 0 heterocycles. The van der Waals surface area contributed by atoms with Crippen molar-refractivity contribution in [1.29, 1.82) is 0 Å². The molecular formula is C11H17NO2. The predicted molar refractivity (Wildman–Crippen MR) is 56.0 cm³/mol. The second-order valence-electron chi connectivity index (χ2n) is 3.57. The molecule has 2 atom stereocenters. The molecule has 0 aliphatic carbocycles. The van der Waals surface area contributed by atoms with Crippen molar-refractivity contribution >= 4 is 0 Å². The highest BCUT2D eigenvalue weighted by Crippen LogP contribution is 2.18. The first-order chi connectivity index (χ1) is 6.66. The molecule has 78 valence electrons. The van der Waals surface area contributed by atoms with Crippen molar-refractivity contribution in [1.82, 2.24) is 4.90 Å². The van der Waals surface area contributed by atoms with E-state index in [-0.39, 0.29) is 12.6 Å². The van der Waals surface area contributed by atoms with Gasteiger partial charge in [0.1, 0.15) is 0 Å². The Morgan fingerprint density at radius 3 is 2.21 bits per heavy atom. The van der Waals surface area contributed by atoms with Crippen LogP contribution >= 0.6 is 0 Å². The van der Waals surface area contributed by atoms with E-state index < -0.39 is 6.10 Å². The summed E-state index contributed by atoms with van der Waals surface area (Å²) in [7, 11) is 3.68. The summed E-state index contributed by atoms with van der Waals surface area (Å²) in [6.45, 7) is -0.0525. The highest BCUT2D eigenvalue weighted by atomic mass is 16.3. The molecule has 14 heavy (non-hydrogen) atoms. The number of benzene rings is 1. The van der Waals surface area contributed by atoms with Gasteiger partial charge in [-0.25, -0.2) is 0 Å². The summed E-state index contributed by atoms with van der Waals surface area (Å²) in [5.74, 6) is 0. The van der Waals surface area contributed by atoms with E-state index in [0.717, 1.165) is 5.56 Å². The molecule has 0 aliphatic heterocycles.